The highest BCUT2D eigenvalue weighted by Crippen LogP contribution is 2.26. The van der Waals surface area contributed by atoms with E-state index in [9.17, 15) is 0 Å². The van der Waals surface area contributed by atoms with Crippen LogP contribution in [0.15, 0.2) is 52.7 Å². The third-order valence-corrected chi connectivity index (χ3v) is 2.61. The predicted molar refractivity (Wildman–Crippen MR) is 70.9 cm³/mol. The molecule has 0 heterocycles. The number of azo groups is 1. The van der Waals surface area contributed by atoms with E-state index < -0.39 is 0 Å². The molecule has 17 heavy (non-hydrogen) atoms. The number of nitrogens with zero attached hydrogens (tertiary/aromatic N) is 2. The molecule has 3 heteroatoms. The summed E-state index contributed by atoms with van der Waals surface area (Å²) in [6.07, 6.45) is 0. The van der Waals surface area contributed by atoms with Crippen molar-refractivity contribution in [2.45, 2.75) is 13.8 Å². The van der Waals surface area contributed by atoms with E-state index in [0.29, 0.717) is 11.4 Å². The van der Waals surface area contributed by atoms with Gasteiger partial charge >= 0.3 is 0 Å². The fourth-order valence-electron chi connectivity index (χ4n) is 1.48. The van der Waals surface area contributed by atoms with Gasteiger partial charge in [-0.25, -0.2) is 0 Å². The number of anilines is 1. The third kappa shape index (κ3) is 2.69. The Morgan fingerprint density at radius 2 is 1.59 bits per heavy atom. The van der Waals surface area contributed by atoms with Gasteiger partial charge in [-0.15, -0.1) is 5.11 Å². The number of hydrogen-bond acceptors (Lipinski definition) is 3. The lowest BCUT2D eigenvalue weighted by Gasteiger charge is -2.01. The molecule has 0 atom stereocenters. The maximum Gasteiger partial charge on any atom is 0.109 e. The number of nitrogens with two attached hydrogens (primary N) is 1. The molecule has 2 aromatic carbocycles. The maximum atomic E-state index is 5.92. The van der Waals surface area contributed by atoms with Gasteiger partial charge in [-0.1, -0.05) is 29.8 Å². The second kappa shape index (κ2) is 4.78. The monoisotopic (exact) mass is 225 g/mol. The standard InChI is InChI=1S/C14H15N3/c1-10-6-8-12(9-7-10)16-17-13-5-3-4-11(2)14(13)15/h3-9H,15H2,1-2H3. The minimum atomic E-state index is 0.684. The summed E-state index contributed by atoms with van der Waals surface area (Å²) in [7, 11) is 0. The number of nitrogen functional groups attached to an aromatic ring is 1. The average Bonchev–Trinajstić information content (AvgIpc) is 2.33. The Bertz CT molecular complexity index is 542. The van der Waals surface area contributed by atoms with E-state index in [0.717, 1.165) is 11.3 Å². The molecule has 0 radical (unpaired) electrons. The lowest BCUT2D eigenvalue weighted by Crippen LogP contribution is -1.88. The summed E-state index contributed by atoms with van der Waals surface area (Å²) in [4.78, 5) is 0. The molecule has 0 unspecified atom stereocenters. The van der Waals surface area contributed by atoms with Gasteiger partial charge in [0.2, 0.25) is 0 Å². The molecule has 0 saturated carbocycles. The van der Waals surface area contributed by atoms with E-state index in [1.165, 1.54) is 5.56 Å². The van der Waals surface area contributed by atoms with E-state index in [2.05, 4.69) is 10.2 Å². The lowest BCUT2D eigenvalue weighted by molar-refractivity contribution is 1.22. The van der Waals surface area contributed by atoms with Crippen molar-refractivity contribution in [3.63, 3.8) is 0 Å². The van der Waals surface area contributed by atoms with Crippen LogP contribution in [0, 0.1) is 13.8 Å². The van der Waals surface area contributed by atoms with E-state index >= 15 is 0 Å². The molecule has 86 valence electrons. The van der Waals surface area contributed by atoms with Crippen LogP contribution in [0.25, 0.3) is 0 Å². The van der Waals surface area contributed by atoms with Crippen molar-refractivity contribution in [3.8, 4) is 0 Å². The summed E-state index contributed by atoms with van der Waals surface area (Å²) in [6.45, 7) is 4.00. The molecular formula is C14H15N3. The first-order valence-corrected chi connectivity index (χ1v) is 5.50. The lowest BCUT2D eigenvalue weighted by atomic mass is 10.2. The Hall–Kier alpha value is -2.16. The van der Waals surface area contributed by atoms with Crippen LogP contribution in [0.5, 0.6) is 0 Å². The normalized spacial score (nSPS) is 10.9. The number of benzene rings is 2. The molecule has 2 N–H and O–H groups in total. The first-order valence-electron chi connectivity index (χ1n) is 5.50. The van der Waals surface area contributed by atoms with E-state index in [1.807, 2.05) is 56.3 Å². The Balaban J connectivity index is 2.26. The fraction of sp³-hybridized carbons (Fsp3) is 0.143. The van der Waals surface area contributed by atoms with Crippen molar-refractivity contribution in [2.75, 3.05) is 5.73 Å². The molecule has 0 aliphatic carbocycles. The Morgan fingerprint density at radius 3 is 2.29 bits per heavy atom. The molecule has 2 rings (SSSR count). The number of aryl methyl sites for hydroxylation is 2. The van der Waals surface area contributed by atoms with Crippen molar-refractivity contribution in [3.05, 3.63) is 53.6 Å². The topological polar surface area (TPSA) is 50.7 Å². The smallest absolute Gasteiger partial charge is 0.109 e. The summed E-state index contributed by atoms with van der Waals surface area (Å²) in [5.41, 5.74) is 10.4. The maximum absolute atomic E-state index is 5.92. The van der Waals surface area contributed by atoms with Crippen LogP contribution in [-0.2, 0) is 0 Å². The molecule has 0 spiro atoms. The van der Waals surface area contributed by atoms with Gasteiger partial charge in [0.25, 0.3) is 0 Å². The van der Waals surface area contributed by atoms with Crippen molar-refractivity contribution in [1.29, 1.82) is 0 Å². The first kappa shape index (κ1) is 11.3. The van der Waals surface area contributed by atoms with Gasteiger partial charge < -0.3 is 5.73 Å². The Labute approximate surface area is 101 Å². The minimum absolute atomic E-state index is 0.684. The van der Waals surface area contributed by atoms with E-state index in [-0.39, 0.29) is 0 Å². The zero-order valence-electron chi connectivity index (χ0n) is 10.0. The van der Waals surface area contributed by atoms with Gasteiger partial charge in [0.15, 0.2) is 0 Å². The second-order valence-corrected chi connectivity index (χ2v) is 4.04. The quantitative estimate of drug-likeness (QED) is 0.601. The average molecular weight is 225 g/mol. The molecule has 0 fully saturated rings. The van der Waals surface area contributed by atoms with Crippen LogP contribution in [0.2, 0.25) is 0 Å². The predicted octanol–water partition coefficient (Wildman–Crippen LogP) is 4.30. The summed E-state index contributed by atoms with van der Waals surface area (Å²) in [5, 5.41) is 8.33. The first-order chi connectivity index (χ1) is 8.16. The Kier molecular flexibility index (Phi) is 3.19. The van der Waals surface area contributed by atoms with Crippen LogP contribution in [0.4, 0.5) is 17.1 Å². The van der Waals surface area contributed by atoms with Crippen molar-refractivity contribution >= 4 is 17.1 Å². The van der Waals surface area contributed by atoms with Crippen molar-refractivity contribution in [1.82, 2.24) is 0 Å². The van der Waals surface area contributed by atoms with E-state index in [4.69, 9.17) is 5.73 Å². The molecule has 0 aliphatic rings. The number of hydrogen-bond donors (Lipinski definition) is 1. The number of para-hydroxylation sites is 1. The minimum Gasteiger partial charge on any atom is -0.397 e. The third-order valence-electron chi connectivity index (χ3n) is 2.61. The summed E-state index contributed by atoms with van der Waals surface area (Å²) in [6, 6.07) is 13.6. The zero-order valence-corrected chi connectivity index (χ0v) is 10.0. The fourth-order valence-corrected chi connectivity index (χ4v) is 1.48. The van der Waals surface area contributed by atoms with Gasteiger partial charge in [0, 0.05) is 0 Å². The van der Waals surface area contributed by atoms with E-state index in [1.54, 1.807) is 0 Å². The van der Waals surface area contributed by atoms with Gasteiger partial charge in [0.1, 0.15) is 5.69 Å². The Morgan fingerprint density at radius 1 is 0.882 bits per heavy atom. The highest BCUT2D eigenvalue weighted by Gasteiger charge is 1.99. The molecular weight excluding hydrogens is 210 g/mol. The SMILES string of the molecule is Cc1ccc(N=Nc2cccc(C)c2N)cc1. The molecule has 0 saturated heterocycles. The van der Waals surface area contributed by atoms with Crippen molar-refractivity contribution < 1.29 is 0 Å². The molecule has 2 aromatic rings. The van der Waals surface area contributed by atoms with Gasteiger partial charge in [0.05, 0.1) is 11.4 Å². The molecule has 3 nitrogen and oxygen atoms in total. The summed E-state index contributed by atoms with van der Waals surface area (Å²) < 4.78 is 0. The van der Waals surface area contributed by atoms with Crippen molar-refractivity contribution in [2.24, 2.45) is 10.2 Å². The molecule has 0 aromatic heterocycles. The highest BCUT2D eigenvalue weighted by molar-refractivity contribution is 5.66. The van der Waals surface area contributed by atoms with Gasteiger partial charge in [-0.05, 0) is 37.6 Å². The number of rotatable bonds is 2. The highest BCUT2D eigenvalue weighted by atomic mass is 15.1. The van der Waals surface area contributed by atoms with Gasteiger partial charge in [-0.3, -0.25) is 0 Å². The van der Waals surface area contributed by atoms with Crippen LogP contribution < -0.4 is 5.73 Å². The van der Waals surface area contributed by atoms with Crippen LogP contribution in [-0.4, -0.2) is 0 Å². The van der Waals surface area contributed by atoms with Crippen LogP contribution >= 0.6 is 0 Å². The molecule has 0 bridgehead atoms. The summed E-state index contributed by atoms with van der Waals surface area (Å²) >= 11 is 0. The second-order valence-electron chi connectivity index (χ2n) is 4.04. The molecule has 0 amide bonds. The van der Waals surface area contributed by atoms with Crippen LogP contribution in [0.1, 0.15) is 11.1 Å². The largest absolute Gasteiger partial charge is 0.397 e. The summed E-state index contributed by atoms with van der Waals surface area (Å²) in [5.74, 6) is 0. The van der Waals surface area contributed by atoms with Gasteiger partial charge in [-0.2, -0.15) is 5.11 Å². The zero-order chi connectivity index (χ0) is 12.3. The van der Waals surface area contributed by atoms with Crippen LogP contribution in [0.3, 0.4) is 0 Å². The molecule has 0 aliphatic heterocycles.